The molecule has 0 spiro atoms. The Morgan fingerprint density at radius 3 is 2.50 bits per heavy atom. The van der Waals surface area contributed by atoms with Crippen molar-refractivity contribution in [2.45, 2.75) is 26.9 Å². The topological polar surface area (TPSA) is 50.9 Å². The van der Waals surface area contributed by atoms with Crippen molar-refractivity contribution in [1.82, 2.24) is 15.0 Å². The van der Waals surface area contributed by atoms with Crippen LogP contribution in [-0.4, -0.2) is 20.1 Å². The normalized spacial score (nSPS) is 11.2. The fourth-order valence-corrected chi connectivity index (χ4v) is 1.84. The quantitative estimate of drug-likeness (QED) is 0.902. The van der Waals surface area contributed by atoms with Crippen LogP contribution in [0.2, 0.25) is 0 Å². The first kappa shape index (κ1) is 12.7. The van der Waals surface area contributed by atoms with Crippen LogP contribution in [0.5, 0.6) is 0 Å². The molecule has 0 unspecified atom stereocenters. The fourth-order valence-electron chi connectivity index (χ4n) is 1.84. The number of hydrogen-bond donors (Lipinski definition) is 1. The van der Waals surface area contributed by atoms with Crippen LogP contribution >= 0.6 is 0 Å². The van der Waals surface area contributed by atoms with Crippen molar-refractivity contribution in [2.24, 2.45) is 5.92 Å². The van der Waals surface area contributed by atoms with Gasteiger partial charge in [0.25, 0.3) is 0 Å². The Kier molecular flexibility index (Phi) is 3.72. The summed E-state index contributed by atoms with van der Waals surface area (Å²) >= 11 is 0. The van der Waals surface area contributed by atoms with E-state index in [4.69, 9.17) is 0 Å². The van der Waals surface area contributed by atoms with Gasteiger partial charge in [0.05, 0.1) is 18.0 Å². The predicted octanol–water partition coefficient (Wildman–Crippen LogP) is 2.10. The Morgan fingerprint density at radius 2 is 1.94 bits per heavy atom. The third-order valence-corrected chi connectivity index (χ3v) is 2.67. The minimum atomic E-state index is -0.286. The van der Waals surface area contributed by atoms with Gasteiger partial charge < -0.3 is 5.11 Å². The maximum Gasteiger partial charge on any atom is 0.123 e. The summed E-state index contributed by atoms with van der Waals surface area (Å²) < 4.78 is 14.6. The van der Waals surface area contributed by atoms with Gasteiger partial charge in [0.15, 0.2) is 0 Å². The molecule has 4 nitrogen and oxygen atoms in total. The fraction of sp³-hybridized carbons (Fsp3) is 0.385. The average molecular weight is 249 g/mol. The van der Waals surface area contributed by atoms with E-state index in [9.17, 15) is 9.50 Å². The smallest absolute Gasteiger partial charge is 0.123 e. The number of hydrogen-bond acceptors (Lipinski definition) is 3. The lowest BCUT2D eigenvalue weighted by Crippen LogP contribution is -2.07. The first-order valence-electron chi connectivity index (χ1n) is 5.92. The number of aliphatic hydroxyl groups excluding tert-OH is 1. The van der Waals surface area contributed by atoms with E-state index in [-0.39, 0.29) is 12.4 Å². The molecule has 0 aliphatic rings. The van der Waals surface area contributed by atoms with Gasteiger partial charge in [0.1, 0.15) is 11.5 Å². The molecule has 0 saturated heterocycles. The SMILES string of the molecule is CC(C)Cc1c(CO)nnn1-c1ccc(F)cc1. The van der Waals surface area contributed by atoms with Gasteiger partial charge in [-0.2, -0.15) is 0 Å². The van der Waals surface area contributed by atoms with Crippen LogP contribution in [0.1, 0.15) is 25.2 Å². The van der Waals surface area contributed by atoms with Crippen LogP contribution in [0.4, 0.5) is 4.39 Å². The molecule has 5 heteroatoms. The molecule has 2 rings (SSSR count). The molecule has 0 saturated carbocycles. The molecule has 2 aromatic rings. The van der Waals surface area contributed by atoms with Crippen LogP contribution in [0.3, 0.4) is 0 Å². The van der Waals surface area contributed by atoms with Crippen LogP contribution in [0.25, 0.3) is 5.69 Å². The van der Waals surface area contributed by atoms with Gasteiger partial charge in [0.2, 0.25) is 0 Å². The van der Waals surface area contributed by atoms with Crippen molar-refractivity contribution >= 4 is 0 Å². The van der Waals surface area contributed by atoms with Gasteiger partial charge in [-0.1, -0.05) is 19.1 Å². The van der Waals surface area contributed by atoms with E-state index < -0.39 is 0 Å². The standard InChI is InChI=1S/C13H16FN3O/c1-9(2)7-13-12(8-18)15-16-17(13)11-5-3-10(14)4-6-11/h3-6,9,18H,7-8H2,1-2H3. The van der Waals surface area contributed by atoms with E-state index in [0.29, 0.717) is 11.6 Å². The highest BCUT2D eigenvalue weighted by molar-refractivity contribution is 5.33. The zero-order valence-electron chi connectivity index (χ0n) is 10.5. The molecule has 0 aliphatic carbocycles. The summed E-state index contributed by atoms with van der Waals surface area (Å²) in [6.45, 7) is 4.04. The first-order valence-corrected chi connectivity index (χ1v) is 5.92. The summed E-state index contributed by atoms with van der Waals surface area (Å²) in [5, 5.41) is 17.2. The zero-order chi connectivity index (χ0) is 13.1. The molecule has 0 aliphatic heterocycles. The predicted molar refractivity (Wildman–Crippen MR) is 65.8 cm³/mol. The average Bonchev–Trinajstić information content (AvgIpc) is 2.72. The summed E-state index contributed by atoms with van der Waals surface area (Å²) in [6.07, 6.45) is 0.764. The van der Waals surface area contributed by atoms with Gasteiger partial charge in [0, 0.05) is 0 Å². The zero-order valence-corrected chi connectivity index (χ0v) is 10.5. The second kappa shape index (κ2) is 5.27. The molecule has 1 heterocycles. The van der Waals surface area contributed by atoms with Gasteiger partial charge in [-0.05, 0) is 36.6 Å². The van der Waals surface area contributed by atoms with Crippen LogP contribution in [0, 0.1) is 11.7 Å². The van der Waals surface area contributed by atoms with E-state index in [1.54, 1.807) is 16.8 Å². The Hall–Kier alpha value is -1.75. The lowest BCUT2D eigenvalue weighted by Gasteiger charge is -2.09. The van der Waals surface area contributed by atoms with Gasteiger partial charge >= 0.3 is 0 Å². The van der Waals surface area contributed by atoms with Gasteiger partial charge in [-0.25, -0.2) is 9.07 Å². The van der Waals surface area contributed by atoms with E-state index in [1.807, 2.05) is 0 Å². The van der Waals surface area contributed by atoms with Gasteiger partial charge in [-0.15, -0.1) is 5.10 Å². The number of aliphatic hydroxyl groups is 1. The largest absolute Gasteiger partial charge is 0.390 e. The molecule has 0 radical (unpaired) electrons. The van der Waals surface area contributed by atoms with Crippen molar-refractivity contribution in [3.8, 4) is 5.69 Å². The van der Waals surface area contributed by atoms with Gasteiger partial charge in [-0.3, -0.25) is 0 Å². The first-order chi connectivity index (χ1) is 8.61. The third-order valence-electron chi connectivity index (χ3n) is 2.67. The number of nitrogens with zero attached hydrogens (tertiary/aromatic N) is 3. The molecule has 0 amide bonds. The van der Waals surface area contributed by atoms with Crippen LogP contribution in [-0.2, 0) is 13.0 Å². The minimum Gasteiger partial charge on any atom is -0.390 e. The Bertz CT molecular complexity index is 520. The van der Waals surface area contributed by atoms with E-state index in [1.165, 1.54) is 12.1 Å². The van der Waals surface area contributed by atoms with Crippen molar-refractivity contribution in [2.75, 3.05) is 0 Å². The highest BCUT2D eigenvalue weighted by Crippen LogP contribution is 2.17. The summed E-state index contributed by atoms with van der Waals surface area (Å²) in [6, 6.07) is 6.06. The number of rotatable bonds is 4. The molecule has 0 atom stereocenters. The third kappa shape index (κ3) is 2.56. The second-order valence-corrected chi connectivity index (χ2v) is 4.63. The summed E-state index contributed by atoms with van der Waals surface area (Å²) in [4.78, 5) is 0. The maximum absolute atomic E-state index is 12.9. The van der Waals surface area contributed by atoms with E-state index >= 15 is 0 Å². The summed E-state index contributed by atoms with van der Waals surface area (Å²) in [5.74, 6) is 0.139. The molecule has 1 aromatic heterocycles. The number of benzene rings is 1. The summed E-state index contributed by atoms with van der Waals surface area (Å²) in [7, 11) is 0. The molecule has 0 bridgehead atoms. The molecule has 1 aromatic carbocycles. The monoisotopic (exact) mass is 249 g/mol. The number of aromatic nitrogens is 3. The Morgan fingerprint density at radius 1 is 1.28 bits per heavy atom. The van der Waals surface area contributed by atoms with Crippen molar-refractivity contribution in [3.05, 3.63) is 41.5 Å². The van der Waals surface area contributed by atoms with Crippen molar-refractivity contribution < 1.29 is 9.50 Å². The minimum absolute atomic E-state index is 0.136. The van der Waals surface area contributed by atoms with Crippen molar-refractivity contribution in [3.63, 3.8) is 0 Å². The molecule has 96 valence electrons. The molecule has 1 N–H and O–H groups in total. The van der Waals surface area contributed by atoms with Crippen molar-refractivity contribution in [1.29, 1.82) is 0 Å². The van der Waals surface area contributed by atoms with Crippen LogP contribution in [0.15, 0.2) is 24.3 Å². The maximum atomic E-state index is 12.9. The molecular weight excluding hydrogens is 233 g/mol. The molecule has 18 heavy (non-hydrogen) atoms. The Balaban J connectivity index is 2.43. The van der Waals surface area contributed by atoms with E-state index in [2.05, 4.69) is 24.2 Å². The summed E-state index contributed by atoms with van der Waals surface area (Å²) in [5.41, 5.74) is 2.20. The number of halogens is 1. The second-order valence-electron chi connectivity index (χ2n) is 4.63. The Labute approximate surface area is 105 Å². The lowest BCUT2D eigenvalue weighted by atomic mass is 10.1. The molecule has 0 fully saturated rings. The molecular formula is C13H16FN3O. The highest BCUT2D eigenvalue weighted by Gasteiger charge is 2.14. The lowest BCUT2D eigenvalue weighted by molar-refractivity contribution is 0.275. The highest BCUT2D eigenvalue weighted by atomic mass is 19.1. The van der Waals surface area contributed by atoms with Crippen LogP contribution < -0.4 is 0 Å². The van der Waals surface area contributed by atoms with E-state index in [0.717, 1.165) is 17.8 Å².